The molecule has 0 bridgehead atoms. The number of rotatable bonds is 3. The second kappa shape index (κ2) is 4.46. The van der Waals surface area contributed by atoms with Crippen LogP contribution in [0.4, 0.5) is 5.95 Å². The average Bonchev–Trinajstić information content (AvgIpc) is 2.94. The van der Waals surface area contributed by atoms with Crippen molar-refractivity contribution in [2.45, 2.75) is 31.4 Å². The molecule has 0 saturated carbocycles. The van der Waals surface area contributed by atoms with E-state index in [4.69, 9.17) is 0 Å². The summed E-state index contributed by atoms with van der Waals surface area (Å²) in [4.78, 5) is 4.54. The maximum Gasteiger partial charge on any atom is 0.243 e. The molecule has 0 aliphatic carbocycles. The number of aromatic nitrogens is 3. The van der Waals surface area contributed by atoms with E-state index in [2.05, 4.69) is 35.3 Å². The second-order valence-corrected chi connectivity index (χ2v) is 6.83. The number of aryl methyl sites for hydroxylation is 1. The molecule has 4 nitrogen and oxygen atoms in total. The lowest BCUT2D eigenvalue weighted by atomic mass is 10.1. The Balaban J connectivity index is 1.77. The summed E-state index contributed by atoms with van der Waals surface area (Å²) >= 11 is 2.05. The molecule has 1 fully saturated rings. The fourth-order valence-electron chi connectivity index (χ4n) is 2.36. The fourth-order valence-corrected chi connectivity index (χ4v) is 3.60. The molecule has 2 aromatic heterocycles. The maximum atomic E-state index is 4.54. The Morgan fingerprint density at radius 3 is 3.17 bits per heavy atom. The van der Waals surface area contributed by atoms with Gasteiger partial charge in [-0.3, -0.25) is 0 Å². The molecule has 0 aromatic carbocycles. The lowest BCUT2D eigenvalue weighted by molar-refractivity contribution is 0.632. The Morgan fingerprint density at radius 1 is 1.56 bits per heavy atom. The number of anilines is 1. The monoisotopic (exact) mass is 262 g/mol. The maximum absolute atomic E-state index is 4.54. The number of pyridine rings is 1. The zero-order chi connectivity index (χ0) is 12.6. The highest BCUT2D eigenvalue weighted by Crippen LogP contribution is 2.37. The first kappa shape index (κ1) is 11.8. The van der Waals surface area contributed by atoms with Crippen molar-refractivity contribution in [3.63, 3.8) is 0 Å². The van der Waals surface area contributed by atoms with Gasteiger partial charge in [-0.05, 0) is 44.1 Å². The van der Waals surface area contributed by atoms with Crippen LogP contribution in [0.5, 0.6) is 0 Å². The summed E-state index contributed by atoms with van der Waals surface area (Å²) in [5.41, 5.74) is 2.09. The molecule has 1 atom stereocenters. The summed E-state index contributed by atoms with van der Waals surface area (Å²) in [6, 6.07) is 4.05. The molecule has 1 unspecified atom stereocenters. The first-order chi connectivity index (χ1) is 8.66. The van der Waals surface area contributed by atoms with Gasteiger partial charge in [0.25, 0.3) is 0 Å². The van der Waals surface area contributed by atoms with Gasteiger partial charge in [0.05, 0.1) is 0 Å². The van der Waals surface area contributed by atoms with Crippen LogP contribution in [-0.4, -0.2) is 31.6 Å². The van der Waals surface area contributed by atoms with Crippen LogP contribution in [0.15, 0.2) is 18.3 Å². The summed E-state index contributed by atoms with van der Waals surface area (Å²) in [5, 5.41) is 7.83. The minimum atomic E-state index is 0.340. The quantitative estimate of drug-likeness (QED) is 0.923. The van der Waals surface area contributed by atoms with Crippen LogP contribution in [0.25, 0.3) is 5.65 Å². The molecule has 0 radical (unpaired) electrons. The molecule has 0 amide bonds. The van der Waals surface area contributed by atoms with E-state index in [0.717, 1.165) is 23.7 Å². The van der Waals surface area contributed by atoms with E-state index in [1.165, 1.54) is 18.6 Å². The summed E-state index contributed by atoms with van der Waals surface area (Å²) in [5.74, 6) is 2.01. The third-order valence-electron chi connectivity index (χ3n) is 3.48. The Hall–Kier alpha value is -1.23. The van der Waals surface area contributed by atoms with Crippen LogP contribution in [0.1, 0.15) is 25.3 Å². The molecular weight excluding hydrogens is 244 g/mol. The SMILES string of the molecule is Cc1cccn2nc(NCC3(C)CCCS3)nc12. The number of hydrogen-bond acceptors (Lipinski definition) is 4. The molecule has 1 aliphatic heterocycles. The van der Waals surface area contributed by atoms with Crippen molar-refractivity contribution in [1.29, 1.82) is 0 Å². The second-order valence-electron chi connectivity index (χ2n) is 5.15. The highest BCUT2D eigenvalue weighted by Gasteiger charge is 2.29. The third kappa shape index (κ3) is 2.19. The van der Waals surface area contributed by atoms with Crippen molar-refractivity contribution >= 4 is 23.4 Å². The van der Waals surface area contributed by atoms with Gasteiger partial charge in [0.1, 0.15) is 0 Å². The Morgan fingerprint density at radius 2 is 2.44 bits per heavy atom. The van der Waals surface area contributed by atoms with Crippen LogP contribution in [0.3, 0.4) is 0 Å². The summed E-state index contributed by atoms with van der Waals surface area (Å²) in [6.07, 6.45) is 4.53. The van der Waals surface area contributed by atoms with Crippen molar-refractivity contribution < 1.29 is 0 Å². The lowest BCUT2D eigenvalue weighted by Crippen LogP contribution is -2.27. The van der Waals surface area contributed by atoms with E-state index >= 15 is 0 Å². The number of nitrogens with one attached hydrogen (secondary N) is 1. The average molecular weight is 262 g/mol. The molecular formula is C13H18N4S. The molecule has 1 aliphatic rings. The largest absolute Gasteiger partial charge is 0.352 e. The zero-order valence-corrected chi connectivity index (χ0v) is 11.6. The first-order valence-corrected chi connectivity index (χ1v) is 7.35. The van der Waals surface area contributed by atoms with Crippen LogP contribution < -0.4 is 5.32 Å². The number of hydrogen-bond donors (Lipinski definition) is 1. The summed E-state index contributed by atoms with van der Waals surface area (Å²) in [7, 11) is 0. The van der Waals surface area contributed by atoms with E-state index in [1.807, 2.05) is 28.5 Å². The van der Waals surface area contributed by atoms with Gasteiger partial charge in [0, 0.05) is 17.5 Å². The molecule has 18 heavy (non-hydrogen) atoms. The Bertz CT molecular complexity index is 557. The van der Waals surface area contributed by atoms with Gasteiger partial charge in [0.2, 0.25) is 5.95 Å². The van der Waals surface area contributed by atoms with Crippen molar-refractivity contribution in [1.82, 2.24) is 14.6 Å². The minimum Gasteiger partial charge on any atom is -0.352 e. The van der Waals surface area contributed by atoms with Crippen molar-refractivity contribution in [2.75, 3.05) is 17.6 Å². The van der Waals surface area contributed by atoms with Gasteiger partial charge < -0.3 is 5.32 Å². The van der Waals surface area contributed by atoms with E-state index < -0.39 is 0 Å². The van der Waals surface area contributed by atoms with Crippen molar-refractivity contribution in [2.24, 2.45) is 0 Å². The van der Waals surface area contributed by atoms with Crippen LogP contribution in [-0.2, 0) is 0 Å². The topological polar surface area (TPSA) is 42.2 Å². The summed E-state index contributed by atoms with van der Waals surface area (Å²) in [6.45, 7) is 5.31. The van der Waals surface area contributed by atoms with E-state index in [0.29, 0.717) is 4.75 Å². The van der Waals surface area contributed by atoms with Gasteiger partial charge in [0.15, 0.2) is 5.65 Å². The Kier molecular flexibility index (Phi) is 2.93. The zero-order valence-electron chi connectivity index (χ0n) is 10.8. The first-order valence-electron chi connectivity index (χ1n) is 6.36. The van der Waals surface area contributed by atoms with Crippen molar-refractivity contribution in [3.05, 3.63) is 23.9 Å². The molecule has 2 aromatic rings. The highest BCUT2D eigenvalue weighted by molar-refractivity contribution is 8.00. The van der Waals surface area contributed by atoms with Crippen LogP contribution >= 0.6 is 11.8 Å². The van der Waals surface area contributed by atoms with E-state index in [1.54, 1.807) is 0 Å². The molecule has 1 saturated heterocycles. The Labute approximate surface area is 111 Å². The van der Waals surface area contributed by atoms with Crippen LogP contribution in [0, 0.1) is 6.92 Å². The number of thioether (sulfide) groups is 1. The molecule has 5 heteroatoms. The molecule has 3 heterocycles. The smallest absolute Gasteiger partial charge is 0.243 e. The summed E-state index contributed by atoms with van der Waals surface area (Å²) < 4.78 is 2.17. The normalized spacial score (nSPS) is 23.7. The lowest BCUT2D eigenvalue weighted by Gasteiger charge is -2.22. The van der Waals surface area contributed by atoms with Gasteiger partial charge in [-0.25, -0.2) is 4.52 Å². The van der Waals surface area contributed by atoms with E-state index in [9.17, 15) is 0 Å². The molecule has 1 N–H and O–H groups in total. The highest BCUT2D eigenvalue weighted by atomic mass is 32.2. The van der Waals surface area contributed by atoms with Crippen molar-refractivity contribution in [3.8, 4) is 0 Å². The molecule has 96 valence electrons. The van der Waals surface area contributed by atoms with Gasteiger partial charge in [-0.2, -0.15) is 16.7 Å². The third-order valence-corrected chi connectivity index (χ3v) is 5.02. The standard InChI is InChI=1S/C13H18N4S/c1-10-5-3-7-17-11(10)15-12(16-17)14-9-13(2)6-4-8-18-13/h3,5,7H,4,6,8-9H2,1-2H3,(H,14,16). The van der Waals surface area contributed by atoms with Gasteiger partial charge >= 0.3 is 0 Å². The van der Waals surface area contributed by atoms with Gasteiger partial charge in [-0.15, -0.1) is 5.10 Å². The predicted molar refractivity (Wildman–Crippen MR) is 76.3 cm³/mol. The molecule has 3 rings (SSSR count). The molecule has 0 spiro atoms. The predicted octanol–water partition coefficient (Wildman–Crippen LogP) is 2.74. The van der Waals surface area contributed by atoms with Gasteiger partial charge in [-0.1, -0.05) is 6.07 Å². The van der Waals surface area contributed by atoms with Crippen LogP contribution in [0.2, 0.25) is 0 Å². The van der Waals surface area contributed by atoms with E-state index in [-0.39, 0.29) is 0 Å². The number of nitrogens with zero attached hydrogens (tertiary/aromatic N) is 3. The minimum absolute atomic E-state index is 0.340. The number of fused-ring (bicyclic) bond motifs is 1. The fraction of sp³-hybridized carbons (Fsp3) is 0.538.